The Morgan fingerprint density at radius 2 is 1.60 bits per heavy atom. The van der Waals surface area contributed by atoms with Crippen LogP contribution in [0.1, 0.15) is 0 Å². The molecule has 0 aliphatic carbocycles. The Bertz CT molecular complexity index is 1350. The van der Waals surface area contributed by atoms with E-state index in [4.69, 9.17) is 16.3 Å². The summed E-state index contributed by atoms with van der Waals surface area (Å²) in [4.78, 5) is 10.2. The highest BCUT2D eigenvalue weighted by Gasteiger charge is 2.12. The van der Waals surface area contributed by atoms with Gasteiger partial charge in [-0.05, 0) is 42.5 Å². The number of nitro groups is 1. The number of halogens is 1. The van der Waals surface area contributed by atoms with Gasteiger partial charge in [0.1, 0.15) is 22.5 Å². The zero-order valence-corrected chi connectivity index (χ0v) is 16.0. The van der Waals surface area contributed by atoms with Crippen LogP contribution in [0, 0.1) is 10.1 Å². The summed E-state index contributed by atoms with van der Waals surface area (Å²) in [5.41, 5.74) is 1.44. The van der Waals surface area contributed by atoms with Gasteiger partial charge in [-0.1, -0.05) is 11.6 Å². The Morgan fingerprint density at radius 1 is 0.933 bits per heavy atom. The molecular weight excluding hydrogens is 410 g/mol. The number of nitrogens with zero attached hydrogens (tertiary/aromatic N) is 5. The molecule has 5 rings (SSSR count). The second-order valence-electron chi connectivity index (χ2n) is 6.06. The molecule has 0 saturated heterocycles. The van der Waals surface area contributed by atoms with Crippen molar-refractivity contribution in [1.82, 2.24) is 19.2 Å². The summed E-state index contributed by atoms with van der Waals surface area (Å²) in [7, 11) is 0. The third-order valence-electron chi connectivity index (χ3n) is 4.16. The number of aromatic nitrogens is 4. The van der Waals surface area contributed by atoms with Crippen molar-refractivity contribution >= 4 is 28.3 Å². The molecule has 30 heavy (non-hydrogen) atoms. The van der Waals surface area contributed by atoms with Gasteiger partial charge >= 0.3 is 0 Å². The van der Waals surface area contributed by atoms with E-state index in [1.54, 1.807) is 70.2 Å². The second kappa shape index (κ2) is 8.10. The van der Waals surface area contributed by atoms with Gasteiger partial charge in [-0.15, -0.1) is 0 Å². The molecule has 5 aromatic rings. The van der Waals surface area contributed by atoms with Crippen LogP contribution in [0.4, 0.5) is 5.69 Å². The van der Waals surface area contributed by atoms with Crippen LogP contribution < -0.4 is 4.74 Å². The number of ether oxygens (including phenoxy) is 1. The minimum atomic E-state index is -0.507. The van der Waals surface area contributed by atoms with Crippen LogP contribution >= 0.6 is 11.6 Å². The highest BCUT2D eigenvalue weighted by atomic mass is 35.5. The van der Waals surface area contributed by atoms with Crippen LogP contribution in [-0.2, 0) is 0 Å². The largest absolute Gasteiger partial charge is 0.506 e. The van der Waals surface area contributed by atoms with Crippen LogP contribution in [0.25, 0.3) is 11.0 Å². The molecule has 4 heterocycles. The van der Waals surface area contributed by atoms with Gasteiger partial charge in [0.15, 0.2) is 5.75 Å². The molecule has 1 N–H and O–H groups in total. The van der Waals surface area contributed by atoms with Gasteiger partial charge in [0.25, 0.3) is 5.69 Å². The van der Waals surface area contributed by atoms with Gasteiger partial charge in [-0.2, -0.15) is 10.2 Å². The van der Waals surface area contributed by atoms with E-state index in [0.717, 1.165) is 11.0 Å². The normalized spacial score (nSPS) is 10.6. The Kier molecular flexibility index (Phi) is 5.19. The number of nitro benzene ring substituents is 1. The zero-order chi connectivity index (χ0) is 21.1. The molecule has 0 fully saturated rings. The molecule has 0 aliphatic rings. The average molecular weight is 424 g/mol. The Hall–Kier alpha value is -4.11. The van der Waals surface area contributed by atoms with E-state index in [2.05, 4.69) is 10.2 Å². The first-order chi connectivity index (χ1) is 14.5. The molecule has 0 radical (unpaired) electrons. The molecule has 150 valence electrons. The summed E-state index contributed by atoms with van der Waals surface area (Å²) in [6, 6.07) is 14.6. The minimum absolute atomic E-state index is 0.0788. The third kappa shape index (κ3) is 3.87. The molecule has 0 saturated carbocycles. The molecule has 0 bridgehead atoms. The zero-order valence-electron chi connectivity index (χ0n) is 15.3. The molecule has 0 amide bonds. The molecule has 0 aliphatic heterocycles. The maximum Gasteiger partial charge on any atom is 0.271 e. The topological polar surface area (TPSA) is 107 Å². The lowest BCUT2D eigenvalue weighted by Gasteiger charge is -2.08. The van der Waals surface area contributed by atoms with Crippen LogP contribution in [-0.4, -0.2) is 29.3 Å². The number of fused-ring (bicyclic) bond motifs is 2. The standard InChI is InChI=1S/C13H8ClN3O3.C7H6N2O/c14-10-8-9(17(18)19)3-4-12(10)20-13-2-1-7-16-11(13)5-6-15-16;10-7-2-1-5-9-6(7)3-4-8-9/h1-8H;1-5,10H. The predicted molar refractivity (Wildman–Crippen MR) is 110 cm³/mol. The number of pyridine rings is 2. The van der Waals surface area contributed by atoms with E-state index < -0.39 is 4.92 Å². The predicted octanol–water partition coefficient (Wildman–Crippen LogP) is 4.73. The number of hydrogen-bond donors (Lipinski definition) is 1. The fourth-order valence-electron chi connectivity index (χ4n) is 2.75. The lowest BCUT2D eigenvalue weighted by Crippen LogP contribution is -1.92. The summed E-state index contributed by atoms with van der Waals surface area (Å²) in [5.74, 6) is 1.19. The maximum absolute atomic E-state index is 10.7. The molecule has 10 heteroatoms. The van der Waals surface area contributed by atoms with Crippen molar-refractivity contribution in [2.45, 2.75) is 0 Å². The lowest BCUT2D eigenvalue weighted by molar-refractivity contribution is -0.384. The van der Waals surface area contributed by atoms with Gasteiger partial charge in [0.05, 0.1) is 22.3 Å². The molecule has 0 unspecified atom stereocenters. The van der Waals surface area contributed by atoms with Crippen LogP contribution in [0.5, 0.6) is 17.2 Å². The Balaban J connectivity index is 0.000000181. The molecule has 4 aromatic heterocycles. The van der Waals surface area contributed by atoms with E-state index in [0.29, 0.717) is 11.5 Å². The van der Waals surface area contributed by atoms with Crippen LogP contribution in [0.3, 0.4) is 0 Å². The monoisotopic (exact) mass is 423 g/mol. The number of hydrogen-bond acceptors (Lipinski definition) is 6. The number of benzene rings is 1. The Morgan fingerprint density at radius 3 is 2.27 bits per heavy atom. The van der Waals surface area contributed by atoms with Crippen molar-refractivity contribution in [2.75, 3.05) is 0 Å². The van der Waals surface area contributed by atoms with Gasteiger partial charge in [-0.3, -0.25) is 10.1 Å². The molecule has 1 aromatic carbocycles. The van der Waals surface area contributed by atoms with E-state index in [9.17, 15) is 15.2 Å². The first kappa shape index (κ1) is 19.2. The van der Waals surface area contributed by atoms with E-state index in [1.165, 1.54) is 18.2 Å². The van der Waals surface area contributed by atoms with Gasteiger partial charge in [0.2, 0.25) is 0 Å². The summed E-state index contributed by atoms with van der Waals surface area (Å²) in [6.45, 7) is 0. The summed E-state index contributed by atoms with van der Waals surface area (Å²) < 4.78 is 8.98. The third-order valence-corrected chi connectivity index (χ3v) is 4.45. The minimum Gasteiger partial charge on any atom is -0.506 e. The molecule has 0 spiro atoms. The average Bonchev–Trinajstić information content (AvgIpc) is 3.40. The van der Waals surface area contributed by atoms with Crippen molar-refractivity contribution < 1.29 is 14.8 Å². The highest BCUT2D eigenvalue weighted by molar-refractivity contribution is 6.32. The van der Waals surface area contributed by atoms with E-state index in [-0.39, 0.29) is 16.5 Å². The van der Waals surface area contributed by atoms with Crippen LogP contribution in [0.2, 0.25) is 5.02 Å². The van der Waals surface area contributed by atoms with Crippen molar-refractivity contribution in [3.05, 3.63) is 94.5 Å². The number of aromatic hydroxyl groups is 1. The van der Waals surface area contributed by atoms with E-state index >= 15 is 0 Å². The summed E-state index contributed by atoms with van der Waals surface area (Å²) in [5, 5.41) is 28.1. The Labute approximate surface area is 174 Å². The summed E-state index contributed by atoms with van der Waals surface area (Å²) >= 11 is 6.00. The van der Waals surface area contributed by atoms with Gasteiger partial charge in [-0.25, -0.2) is 9.03 Å². The quantitative estimate of drug-likeness (QED) is 0.332. The first-order valence-corrected chi connectivity index (χ1v) is 9.06. The molecular formula is C20H14ClN5O4. The van der Waals surface area contributed by atoms with Crippen LogP contribution in [0.15, 0.2) is 79.4 Å². The second-order valence-corrected chi connectivity index (χ2v) is 6.47. The fourth-order valence-corrected chi connectivity index (χ4v) is 2.97. The first-order valence-electron chi connectivity index (χ1n) is 8.68. The van der Waals surface area contributed by atoms with Crippen molar-refractivity contribution in [1.29, 1.82) is 0 Å². The van der Waals surface area contributed by atoms with Crippen molar-refractivity contribution in [2.24, 2.45) is 0 Å². The van der Waals surface area contributed by atoms with Gasteiger partial charge < -0.3 is 9.84 Å². The highest BCUT2D eigenvalue weighted by Crippen LogP contribution is 2.33. The van der Waals surface area contributed by atoms with Crippen molar-refractivity contribution in [3.8, 4) is 17.2 Å². The summed E-state index contributed by atoms with van der Waals surface area (Å²) in [6.07, 6.45) is 6.88. The maximum atomic E-state index is 10.7. The van der Waals surface area contributed by atoms with Crippen molar-refractivity contribution in [3.63, 3.8) is 0 Å². The molecule has 0 atom stereocenters. The fraction of sp³-hybridized carbons (Fsp3) is 0. The SMILES string of the molecule is O=[N+]([O-])c1ccc(Oc2cccn3nccc23)c(Cl)c1.Oc1cccn2nccc12. The number of non-ortho nitro benzene ring substituents is 1. The lowest BCUT2D eigenvalue weighted by atomic mass is 10.3. The van der Waals surface area contributed by atoms with E-state index in [1.807, 2.05) is 0 Å². The molecule has 9 nitrogen and oxygen atoms in total. The smallest absolute Gasteiger partial charge is 0.271 e. The number of rotatable bonds is 3. The van der Waals surface area contributed by atoms with Gasteiger partial charge in [0, 0.05) is 24.5 Å².